The molecule has 1 heterocycles. The van der Waals surface area contributed by atoms with Crippen LogP contribution in [0.5, 0.6) is 0 Å². The van der Waals surface area contributed by atoms with E-state index in [9.17, 15) is 4.79 Å². The van der Waals surface area contributed by atoms with Crippen molar-refractivity contribution in [1.82, 2.24) is 5.32 Å². The van der Waals surface area contributed by atoms with Gasteiger partial charge in [0, 0.05) is 12.2 Å². The maximum atomic E-state index is 11.9. The number of nitrogens with zero attached hydrogens (tertiary/aromatic N) is 1. The standard InChI is InChI=1S/C13H15N3O/c14-8-10-3-1-5-12(7-10)16-13(17)11-4-2-6-15-9-11/h1,3,5,7,11,15H,2,4,6,9H2,(H,16,17). The minimum Gasteiger partial charge on any atom is -0.326 e. The summed E-state index contributed by atoms with van der Waals surface area (Å²) < 4.78 is 0. The molecule has 4 heteroatoms. The Bertz CT molecular complexity index is 444. The molecule has 1 atom stereocenters. The van der Waals surface area contributed by atoms with E-state index >= 15 is 0 Å². The lowest BCUT2D eigenvalue weighted by Gasteiger charge is -2.21. The number of rotatable bonds is 2. The molecule has 0 saturated carbocycles. The largest absolute Gasteiger partial charge is 0.326 e. The van der Waals surface area contributed by atoms with Gasteiger partial charge in [0.05, 0.1) is 17.6 Å². The van der Waals surface area contributed by atoms with Crippen LogP contribution in [0, 0.1) is 17.2 Å². The van der Waals surface area contributed by atoms with Gasteiger partial charge in [-0.15, -0.1) is 0 Å². The van der Waals surface area contributed by atoms with E-state index in [4.69, 9.17) is 5.26 Å². The maximum absolute atomic E-state index is 11.9. The van der Waals surface area contributed by atoms with Gasteiger partial charge < -0.3 is 10.6 Å². The van der Waals surface area contributed by atoms with Gasteiger partial charge in [-0.25, -0.2) is 0 Å². The SMILES string of the molecule is N#Cc1cccc(NC(=O)C2CCCNC2)c1. The van der Waals surface area contributed by atoms with Crippen LogP contribution in [0.3, 0.4) is 0 Å². The molecule has 0 radical (unpaired) electrons. The molecule has 1 aromatic rings. The predicted octanol–water partition coefficient (Wildman–Crippen LogP) is 1.50. The quantitative estimate of drug-likeness (QED) is 0.807. The van der Waals surface area contributed by atoms with Crippen molar-refractivity contribution in [2.75, 3.05) is 18.4 Å². The van der Waals surface area contributed by atoms with Crippen molar-refractivity contribution in [1.29, 1.82) is 5.26 Å². The molecule has 1 unspecified atom stereocenters. The van der Waals surface area contributed by atoms with E-state index < -0.39 is 0 Å². The average molecular weight is 229 g/mol. The highest BCUT2D eigenvalue weighted by Gasteiger charge is 2.20. The van der Waals surface area contributed by atoms with Crippen LogP contribution in [0.4, 0.5) is 5.69 Å². The van der Waals surface area contributed by atoms with Gasteiger partial charge in [0.15, 0.2) is 0 Å². The molecule has 1 aliphatic rings. The second kappa shape index (κ2) is 5.46. The summed E-state index contributed by atoms with van der Waals surface area (Å²) in [5.74, 6) is 0.0711. The molecule has 1 amide bonds. The lowest BCUT2D eigenvalue weighted by Crippen LogP contribution is -2.37. The molecule has 2 rings (SSSR count). The van der Waals surface area contributed by atoms with Gasteiger partial charge in [0.1, 0.15) is 0 Å². The fourth-order valence-corrected chi connectivity index (χ4v) is 1.99. The molecule has 0 bridgehead atoms. The number of amides is 1. The molecule has 1 aromatic carbocycles. The molecule has 17 heavy (non-hydrogen) atoms. The third-order valence-electron chi connectivity index (χ3n) is 2.93. The molecule has 88 valence electrons. The van der Waals surface area contributed by atoms with Crippen LogP contribution in [0.25, 0.3) is 0 Å². The minimum absolute atomic E-state index is 0.0345. The third-order valence-corrected chi connectivity index (χ3v) is 2.93. The number of benzene rings is 1. The highest BCUT2D eigenvalue weighted by atomic mass is 16.1. The summed E-state index contributed by atoms with van der Waals surface area (Å²) in [5, 5.41) is 14.8. The molecule has 1 fully saturated rings. The topological polar surface area (TPSA) is 64.9 Å². The molecular formula is C13H15N3O. The number of piperidine rings is 1. The van der Waals surface area contributed by atoms with Gasteiger partial charge in [-0.1, -0.05) is 6.07 Å². The van der Waals surface area contributed by atoms with Crippen LogP contribution >= 0.6 is 0 Å². The normalized spacial score (nSPS) is 19.4. The van der Waals surface area contributed by atoms with Crippen LogP contribution in [0.15, 0.2) is 24.3 Å². The van der Waals surface area contributed by atoms with E-state index in [1.165, 1.54) is 0 Å². The van der Waals surface area contributed by atoms with Gasteiger partial charge >= 0.3 is 0 Å². The third kappa shape index (κ3) is 3.05. The van der Waals surface area contributed by atoms with Crippen LogP contribution < -0.4 is 10.6 Å². The first-order chi connectivity index (χ1) is 8.29. The van der Waals surface area contributed by atoms with Gasteiger partial charge in [-0.2, -0.15) is 5.26 Å². The number of nitrogens with one attached hydrogen (secondary N) is 2. The Kier molecular flexibility index (Phi) is 3.73. The van der Waals surface area contributed by atoms with E-state index in [1.807, 2.05) is 0 Å². The first kappa shape index (κ1) is 11.6. The van der Waals surface area contributed by atoms with Gasteiger partial charge in [0.2, 0.25) is 5.91 Å². The molecule has 0 spiro atoms. The maximum Gasteiger partial charge on any atom is 0.228 e. The average Bonchev–Trinajstić information content (AvgIpc) is 2.40. The molecule has 4 nitrogen and oxygen atoms in total. The smallest absolute Gasteiger partial charge is 0.228 e. The minimum atomic E-state index is 0.0345. The number of hydrogen-bond donors (Lipinski definition) is 2. The van der Waals surface area contributed by atoms with E-state index in [0.29, 0.717) is 11.3 Å². The van der Waals surface area contributed by atoms with Crippen molar-refractivity contribution in [2.24, 2.45) is 5.92 Å². The molecule has 0 aromatic heterocycles. The molecule has 1 aliphatic heterocycles. The van der Waals surface area contributed by atoms with Crippen molar-refractivity contribution in [3.05, 3.63) is 29.8 Å². The van der Waals surface area contributed by atoms with Crippen LogP contribution in [-0.2, 0) is 4.79 Å². The van der Waals surface area contributed by atoms with Crippen molar-refractivity contribution in [2.45, 2.75) is 12.8 Å². The summed E-state index contributed by atoms with van der Waals surface area (Å²) in [7, 11) is 0. The highest BCUT2D eigenvalue weighted by Crippen LogP contribution is 2.15. The zero-order valence-electron chi connectivity index (χ0n) is 9.57. The summed E-state index contributed by atoms with van der Waals surface area (Å²) in [6.45, 7) is 1.73. The number of anilines is 1. The summed E-state index contributed by atoms with van der Waals surface area (Å²) in [6, 6.07) is 9.04. The molecule has 2 N–H and O–H groups in total. The highest BCUT2D eigenvalue weighted by molar-refractivity contribution is 5.92. The Balaban J connectivity index is 1.99. The van der Waals surface area contributed by atoms with Crippen LogP contribution in [-0.4, -0.2) is 19.0 Å². The summed E-state index contributed by atoms with van der Waals surface area (Å²) in [6.07, 6.45) is 1.97. The Labute approximate surface area is 101 Å². The van der Waals surface area contributed by atoms with Crippen molar-refractivity contribution in [3.8, 4) is 6.07 Å². The van der Waals surface area contributed by atoms with Gasteiger partial charge in [0.25, 0.3) is 0 Å². The van der Waals surface area contributed by atoms with Gasteiger partial charge in [-0.3, -0.25) is 4.79 Å². The number of carbonyl (C=O) groups is 1. The van der Waals surface area contributed by atoms with Crippen molar-refractivity contribution in [3.63, 3.8) is 0 Å². The molecule has 0 aliphatic carbocycles. The number of nitriles is 1. The number of carbonyl (C=O) groups excluding carboxylic acids is 1. The number of hydrogen-bond acceptors (Lipinski definition) is 3. The monoisotopic (exact) mass is 229 g/mol. The summed E-state index contributed by atoms with van der Waals surface area (Å²) >= 11 is 0. The first-order valence-corrected chi connectivity index (χ1v) is 5.81. The Morgan fingerprint density at radius 2 is 2.41 bits per heavy atom. The van der Waals surface area contributed by atoms with Gasteiger partial charge in [-0.05, 0) is 37.6 Å². The molecular weight excluding hydrogens is 214 g/mol. The lowest BCUT2D eigenvalue weighted by atomic mass is 9.99. The van der Waals surface area contributed by atoms with E-state index in [2.05, 4.69) is 16.7 Å². The second-order valence-corrected chi connectivity index (χ2v) is 4.23. The zero-order valence-corrected chi connectivity index (χ0v) is 9.57. The lowest BCUT2D eigenvalue weighted by molar-refractivity contribution is -0.120. The fraction of sp³-hybridized carbons (Fsp3) is 0.385. The Hall–Kier alpha value is -1.86. The van der Waals surface area contributed by atoms with Crippen molar-refractivity contribution >= 4 is 11.6 Å². The second-order valence-electron chi connectivity index (χ2n) is 4.23. The zero-order chi connectivity index (χ0) is 12.1. The summed E-state index contributed by atoms with van der Waals surface area (Å²) in [4.78, 5) is 11.9. The van der Waals surface area contributed by atoms with E-state index in [0.717, 1.165) is 25.9 Å². The Morgan fingerprint density at radius 1 is 1.53 bits per heavy atom. The molecule has 1 saturated heterocycles. The van der Waals surface area contributed by atoms with E-state index in [1.54, 1.807) is 24.3 Å². The Morgan fingerprint density at radius 3 is 3.12 bits per heavy atom. The first-order valence-electron chi connectivity index (χ1n) is 5.81. The van der Waals surface area contributed by atoms with E-state index in [-0.39, 0.29) is 11.8 Å². The van der Waals surface area contributed by atoms with Crippen LogP contribution in [0.1, 0.15) is 18.4 Å². The summed E-state index contributed by atoms with van der Waals surface area (Å²) in [5.41, 5.74) is 1.25. The fourth-order valence-electron chi connectivity index (χ4n) is 1.99. The predicted molar refractivity (Wildman–Crippen MR) is 65.4 cm³/mol. The van der Waals surface area contributed by atoms with Crippen LogP contribution in [0.2, 0.25) is 0 Å². The van der Waals surface area contributed by atoms with Crippen molar-refractivity contribution < 1.29 is 4.79 Å².